The lowest BCUT2D eigenvalue weighted by Crippen LogP contribution is -2.23. The van der Waals surface area contributed by atoms with Crippen molar-refractivity contribution in [1.82, 2.24) is 0 Å². The third-order valence-electron chi connectivity index (χ3n) is 9.39. The molecule has 4 rings (SSSR count). The van der Waals surface area contributed by atoms with Crippen molar-refractivity contribution in [3.05, 3.63) is 118 Å². The van der Waals surface area contributed by atoms with Crippen LogP contribution >= 0.6 is 0 Å². The fourth-order valence-corrected chi connectivity index (χ4v) is 6.38. The van der Waals surface area contributed by atoms with E-state index in [0.717, 1.165) is 30.4 Å². The molecule has 0 aromatic heterocycles. The maximum Gasteiger partial charge on any atom is 0.336 e. The summed E-state index contributed by atoms with van der Waals surface area (Å²) in [6, 6.07) is 22.7. The van der Waals surface area contributed by atoms with Gasteiger partial charge in [-0.15, -0.1) is 0 Å². The fourth-order valence-electron chi connectivity index (χ4n) is 6.38. The average Bonchev–Trinajstić information content (AvgIpc) is 3.12. The molecule has 0 atom stereocenters. The van der Waals surface area contributed by atoms with Crippen LogP contribution in [0.3, 0.4) is 0 Å². The molecule has 0 aliphatic heterocycles. The molecule has 0 aliphatic carbocycles. The van der Waals surface area contributed by atoms with Crippen molar-refractivity contribution in [2.24, 2.45) is 0 Å². The van der Waals surface area contributed by atoms with Crippen molar-refractivity contribution in [2.45, 2.75) is 89.9 Å². The molecule has 52 heavy (non-hydrogen) atoms. The van der Waals surface area contributed by atoms with E-state index in [1.807, 2.05) is 24.3 Å². The highest BCUT2D eigenvalue weighted by atomic mass is 16.5. The van der Waals surface area contributed by atoms with Gasteiger partial charge in [-0.05, 0) is 78.2 Å². The Bertz CT molecular complexity index is 1720. The number of ether oxygens (including phenoxy) is 2. The minimum Gasteiger partial charge on any atom is -0.478 e. The summed E-state index contributed by atoms with van der Waals surface area (Å²) in [7, 11) is 0. The van der Waals surface area contributed by atoms with E-state index in [9.17, 15) is 39.6 Å². The van der Waals surface area contributed by atoms with Gasteiger partial charge < -0.3 is 29.9 Å². The first-order valence-electron chi connectivity index (χ1n) is 17.7. The van der Waals surface area contributed by atoms with Crippen LogP contribution in [-0.4, -0.2) is 44.3 Å². The molecule has 10 heteroatoms. The highest BCUT2D eigenvalue weighted by Crippen LogP contribution is 2.39. The number of carbonyl (C=O) groups is 4. The predicted molar refractivity (Wildman–Crippen MR) is 197 cm³/mol. The molecule has 0 amide bonds. The first-order chi connectivity index (χ1) is 24.9. The van der Waals surface area contributed by atoms with Crippen LogP contribution in [0.1, 0.15) is 137 Å². The van der Waals surface area contributed by atoms with Gasteiger partial charge >= 0.3 is 23.9 Å². The van der Waals surface area contributed by atoms with Crippen molar-refractivity contribution in [1.29, 1.82) is 0 Å². The largest absolute Gasteiger partial charge is 0.478 e. The summed E-state index contributed by atoms with van der Waals surface area (Å²) in [6.07, 6.45) is 13.0. The highest BCUT2D eigenvalue weighted by Gasteiger charge is 2.29. The SMILES string of the molecule is CCCCCCCCCCCCC(C)(c1ccc(Oc2ccc(C(=O)O)c(C(=O)O)c2)cc1)c1ccc(Oc2ccc(C(=O)O)c(C(=O)O)c2)cc1. The van der Waals surface area contributed by atoms with Crippen molar-refractivity contribution in [2.75, 3.05) is 0 Å². The molecule has 274 valence electrons. The number of carboxylic acids is 4. The van der Waals surface area contributed by atoms with Gasteiger partial charge in [-0.25, -0.2) is 19.2 Å². The molecule has 0 heterocycles. The molecule has 0 unspecified atom stereocenters. The smallest absolute Gasteiger partial charge is 0.336 e. The molecule has 0 bridgehead atoms. The predicted octanol–water partition coefficient (Wildman–Crippen LogP) is 10.7. The van der Waals surface area contributed by atoms with Crippen LogP contribution < -0.4 is 9.47 Å². The number of carboxylic acid groups (broad SMARTS) is 4. The molecular weight excluding hydrogens is 664 g/mol. The summed E-state index contributed by atoms with van der Waals surface area (Å²) >= 11 is 0. The molecule has 4 aromatic carbocycles. The molecule has 0 fully saturated rings. The summed E-state index contributed by atoms with van der Waals surface area (Å²) in [4.78, 5) is 46.2. The van der Waals surface area contributed by atoms with Crippen LogP contribution in [0.4, 0.5) is 0 Å². The van der Waals surface area contributed by atoms with Crippen LogP contribution in [-0.2, 0) is 5.41 Å². The second kappa shape index (κ2) is 18.6. The van der Waals surface area contributed by atoms with E-state index in [1.54, 1.807) is 24.3 Å². The first kappa shape index (κ1) is 39.2. The van der Waals surface area contributed by atoms with Crippen LogP contribution in [0.15, 0.2) is 84.9 Å². The molecular formula is C42H46O10. The molecule has 0 radical (unpaired) electrons. The van der Waals surface area contributed by atoms with Gasteiger partial charge in [-0.2, -0.15) is 0 Å². The summed E-state index contributed by atoms with van der Waals surface area (Å²) in [5, 5.41) is 37.7. The fraction of sp³-hybridized carbons (Fsp3) is 0.333. The molecule has 0 spiro atoms. The minimum atomic E-state index is -1.36. The monoisotopic (exact) mass is 710 g/mol. The third kappa shape index (κ3) is 10.4. The molecule has 10 nitrogen and oxygen atoms in total. The second-order valence-corrected chi connectivity index (χ2v) is 13.2. The third-order valence-corrected chi connectivity index (χ3v) is 9.39. The Morgan fingerprint density at radius 2 is 0.788 bits per heavy atom. The number of rotatable bonds is 21. The van der Waals surface area contributed by atoms with Crippen molar-refractivity contribution < 1.29 is 49.1 Å². The zero-order chi connectivity index (χ0) is 37.7. The van der Waals surface area contributed by atoms with Gasteiger partial charge in [0.25, 0.3) is 0 Å². The van der Waals surface area contributed by atoms with Crippen molar-refractivity contribution >= 4 is 23.9 Å². The van der Waals surface area contributed by atoms with Crippen LogP contribution in [0.2, 0.25) is 0 Å². The molecule has 0 saturated carbocycles. The van der Waals surface area contributed by atoms with Gasteiger partial charge in [0.2, 0.25) is 0 Å². The number of hydrogen-bond donors (Lipinski definition) is 4. The Morgan fingerprint density at radius 1 is 0.462 bits per heavy atom. The zero-order valence-corrected chi connectivity index (χ0v) is 29.6. The van der Waals surface area contributed by atoms with Gasteiger partial charge in [0.05, 0.1) is 22.3 Å². The van der Waals surface area contributed by atoms with E-state index in [0.29, 0.717) is 11.5 Å². The number of aromatic carboxylic acids is 4. The van der Waals surface area contributed by atoms with Gasteiger partial charge in [0.1, 0.15) is 23.0 Å². The lowest BCUT2D eigenvalue weighted by Gasteiger charge is -2.31. The lowest BCUT2D eigenvalue weighted by atomic mass is 9.72. The Hall–Kier alpha value is -5.64. The molecule has 4 N–H and O–H groups in total. The van der Waals surface area contributed by atoms with E-state index < -0.39 is 29.3 Å². The van der Waals surface area contributed by atoms with Crippen LogP contribution in [0.5, 0.6) is 23.0 Å². The Balaban J connectivity index is 1.52. The summed E-state index contributed by atoms with van der Waals surface area (Å²) in [5.74, 6) is -4.07. The van der Waals surface area contributed by atoms with Crippen molar-refractivity contribution in [3.8, 4) is 23.0 Å². The minimum absolute atomic E-state index is 0.201. The van der Waals surface area contributed by atoms with Gasteiger partial charge in [-0.3, -0.25) is 0 Å². The summed E-state index contributed by atoms with van der Waals surface area (Å²) in [6.45, 7) is 4.41. The van der Waals surface area contributed by atoms with Crippen LogP contribution in [0.25, 0.3) is 0 Å². The van der Waals surface area contributed by atoms with E-state index in [4.69, 9.17) is 9.47 Å². The number of hydrogen-bond acceptors (Lipinski definition) is 6. The molecule has 0 saturated heterocycles. The van der Waals surface area contributed by atoms with Gasteiger partial charge in [0, 0.05) is 5.41 Å². The van der Waals surface area contributed by atoms with E-state index >= 15 is 0 Å². The normalized spacial score (nSPS) is 11.2. The van der Waals surface area contributed by atoms with Crippen molar-refractivity contribution in [3.63, 3.8) is 0 Å². The summed E-state index contributed by atoms with van der Waals surface area (Å²) in [5.41, 5.74) is 0.289. The number of benzene rings is 4. The van der Waals surface area contributed by atoms with Gasteiger partial charge in [0.15, 0.2) is 0 Å². The lowest BCUT2D eigenvalue weighted by molar-refractivity contribution is 0.0651. The zero-order valence-electron chi connectivity index (χ0n) is 29.6. The Labute approximate surface area is 303 Å². The summed E-state index contributed by atoms with van der Waals surface area (Å²) < 4.78 is 11.8. The average molecular weight is 711 g/mol. The maximum atomic E-state index is 11.6. The van der Waals surface area contributed by atoms with E-state index in [1.165, 1.54) is 87.8 Å². The topological polar surface area (TPSA) is 168 Å². The first-order valence-corrected chi connectivity index (χ1v) is 17.7. The van der Waals surface area contributed by atoms with Gasteiger partial charge in [-0.1, -0.05) is 102 Å². The Kier molecular flexibility index (Phi) is 14.0. The maximum absolute atomic E-state index is 11.6. The van der Waals surface area contributed by atoms with E-state index in [-0.39, 0.29) is 33.8 Å². The Morgan fingerprint density at radius 3 is 1.13 bits per heavy atom. The number of unbranched alkanes of at least 4 members (excludes halogenated alkanes) is 9. The molecule has 0 aliphatic rings. The standard InChI is InChI=1S/C42H46O10/c1-3-4-5-6-7-8-9-10-11-12-25-42(2,28-13-17-30(18-14-28)51-32-21-23-34(38(43)44)36(26-32)40(47)48)29-15-19-31(20-16-29)52-33-22-24-35(39(45)46)37(27-33)41(49)50/h13-24,26-27H,3-12,25H2,1-2H3,(H,43,44)(H,45,46)(H,47,48)(H,49,50). The second-order valence-electron chi connectivity index (χ2n) is 13.2. The van der Waals surface area contributed by atoms with Crippen LogP contribution in [0, 0.1) is 0 Å². The van der Waals surface area contributed by atoms with E-state index in [2.05, 4.69) is 13.8 Å². The highest BCUT2D eigenvalue weighted by molar-refractivity contribution is 6.02. The quantitative estimate of drug-likeness (QED) is 0.0611. The molecule has 4 aromatic rings.